The SMILES string of the molecule is C=Nc1ccc(N(C)CCOS(=O)(=O)O)cc1Cl.C=Nc1ccc(S(=O)(=O)CCC)cc1. The summed E-state index contributed by atoms with van der Waals surface area (Å²) in [6.07, 6.45) is 0.629. The van der Waals surface area contributed by atoms with Crippen molar-refractivity contribution in [1.29, 1.82) is 0 Å². The third kappa shape index (κ3) is 9.45. The van der Waals surface area contributed by atoms with Gasteiger partial charge in [-0.15, -0.1) is 0 Å². The Morgan fingerprint density at radius 1 is 1.06 bits per heavy atom. The number of sulfone groups is 1. The van der Waals surface area contributed by atoms with Gasteiger partial charge < -0.3 is 4.90 Å². The van der Waals surface area contributed by atoms with E-state index in [-0.39, 0.29) is 18.9 Å². The Balaban J connectivity index is 0.000000330. The van der Waals surface area contributed by atoms with Crippen molar-refractivity contribution in [1.82, 2.24) is 0 Å². The number of anilines is 1. The quantitative estimate of drug-likeness (QED) is 0.381. The van der Waals surface area contributed by atoms with Crippen molar-refractivity contribution >= 4 is 62.3 Å². The van der Waals surface area contributed by atoms with Gasteiger partial charge in [0.15, 0.2) is 9.84 Å². The van der Waals surface area contributed by atoms with Gasteiger partial charge in [-0.3, -0.25) is 14.5 Å². The highest BCUT2D eigenvalue weighted by Crippen LogP contribution is 2.28. The Hall–Kier alpha value is -2.31. The maximum atomic E-state index is 11.6. The smallest absolute Gasteiger partial charge is 0.372 e. The van der Waals surface area contributed by atoms with Gasteiger partial charge in [0.25, 0.3) is 0 Å². The number of aliphatic imine (C=N–C) groups is 2. The fraction of sp³-hybridized carbons (Fsp3) is 0.300. The zero-order chi connectivity index (χ0) is 24.4. The summed E-state index contributed by atoms with van der Waals surface area (Å²) in [6, 6.07) is 11.6. The molecule has 0 amide bonds. The molecular formula is C20H26ClN3O6S2. The van der Waals surface area contributed by atoms with E-state index in [2.05, 4.69) is 27.6 Å². The highest BCUT2D eigenvalue weighted by atomic mass is 35.5. The molecule has 0 unspecified atom stereocenters. The number of hydrogen-bond donors (Lipinski definition) is 1. The van der Waals surface area contributed by atoms with Crippen LogP contribution in [0.15, 0.2) is 57.3 Å². The molecule has 0 spiro atoms. The Bertz CT molecular complexity index is 1120. The van der Waals surface area contributed by atoms with Crippen molar-refractivity contribution in [2.75, 3.05) is 30.9 Å². The summed E-state index contributed by atoms with van der Waals surface area (Å²) < 4.78 is 56.5. The Labute approximate surface area is 194 Å². The topological polar surface area (TPSA) is 126 Å². The summed E-state index contributed by atoms with van der Waals surface area (Å²) in [7, 11) is -5.76. The molecule has 0 saturated heterocycles. The van der Waals surface area contributed by atoms with Crippen LogP contribution in [0.25, 0.3) is 0 Å². The van der Waals surface area contributed by atoms with Gasteiger partial charge in [-0.05, 0) is 62.3 Å². The van der Waals surface area contributed by atoms with Crippen molar-refractivity contribution in [3.05, 3.63) is 47.5 Å². The average molecular weight is 504 g/mol. The summed E-state index contributed by atoms with van der Waals surface area (Å²) >= 11 is 5.95. The number of benzene rings is 2. The van der Waals surface area contributed by atoms with Crippen molar-refractivity contribution < 1.29 is 25.6 Å². The van der Waals surface area contributed by atoms with Crippen LogP contribution in [0.1, 0.15) is 13.3 Å². The normalized spacial score (nSPS) is 11.2. The van der Waals surface area contributed by atoms with Crippen molar-refractivity contribution in [3.63, 3.8) is 0 Å². The molecule has 2 aromatic rings. The van der Waals surface area contributed by atoms with Crippen LogP contribution in [0.5, 0.6) is 0 Å². The predicted octanol–water partition coefficient (Wildman–Crippen LogP) is 4.13. The van der Waals surface area contributed by atoms with E-state index in [0.717, 1.165) is 5.69 Å². The molecule has 0 aliphatic rings. The molecule has 2 aromatic carbocycles. The molecule has 0 heterocycles. The predicted molar refractivity (Wildman–Crippen MR) is 129 cm³/mol. The molecule has 0 aliphatic carbocycles. The Morgan fingerprint density at radius 2 is 1.69 bits per heavy atom. The highest BCUT2D eigenvalue weighted by Gasteiger charge is 2.12. The average Bonchev–Trinajstić information content (AvgIpc) is 2.73. The third-order valence-electron chi connectivity index (χ3n) is 4.05. The molecular weight excluding hydrogens is 478 g/mol. The lowest BCUT2D eigenvalue weighted by Crippen LogP contribution is -2.23. The standard InChI is InChI=1S/C10H13ClN2O4S.C10H13NO2S/c1-12-10-4-3-8(7-9(10)11)13(2)5-6-17-18(14,15)16;1-3-8-14(12,13)10-6-4-9(11-2)5-7-10/h3-4,7H,1,5-6H2,2H3,(H,14,15,16);4-7H,2-3,8H2,1H3. The summed E-state index contributed by atoms with van der Waals surface area (Å²) in [5, 5.41) is 0.449. The fourth-order valence-corrected chi connectivity index (χ4v) is 4.26. The van der Waals surface area contributed by atoms with Gasteiger partial charge >= 0.3 is 10.4 Å². The second-order valence-corrected chi connectivity index (χ2v) is 10.0. The van der Waals surface area contributed by atoms with Crippen LogP contribution in [-0.4, -0.2) is 60.8 Å². The second-order valence-electron chi connectivity index (χ2n) is 6.44. The van der Waals surface area contributed by atoms with E-state index in [1.165, 1.54) is 0 Å². The molecule has 12 heteroatoms. The van der Waals surface area contributed by atoms with Gasteiger partial charge in [-0.25, -0.2) is 12.6 Å². The van der Waals surface area contributed by atoms with E-state index in [1.807, 2.05) is 6.92 Å². The third-order valence-corrected chi connectivity index (χ3v) is 6.76. The molecule has 9 nitrogen and oxygen atoms in total. The summed E-state index contributed by atoms with van der Waals surface area (Å²) in [6.45, 7) is 8.70. The lowest BCUT2D eigenvalue weighted by molar-refractivity contribution is 0.274. The zero-order valence-corrected chi connectivity index (χ0v) is 20.2. The lowest BCUT2D eigenvalue weighted by atomic mass is 10.2. The first-order valence-corrected chi connectivity index (χ1v) is 12.7. The maximum absolute atomic E-state index is 11.6. The molecule has 2 rings (SSSR count). The van der Waals surface area contributed by atoms with Crippen molar-refractivity contribution in [3.8, 4) is 0 Å². The van der Waals surface area contributed by atoms with Gasteiger partial charge in [0.2, 0.25) is 0 Å². The van der Waals surface area contributed by atoms with Crippen LogP contribution in [0.4, 0.5) is 17.1 Å². The van der Waals surface area contributed by atoms with Crippen LogP contribution in [0, 0.1) is 0 Å². The molecule has 0 aliphatic heterocycles. The van der Waals surface area contributed by atoms with Gasteiger partial charge in [0, 0.05) is 19.3 Å². The second kappa shape index (κ2) is 12.7. The van der Waals surface area contributed by atoms with Crippen molar-refractivity contribution in [2.45, 2.75) is 18.2 Å². The Morgan fingerprint density at radius 3 is 2.16 bits per heavy atom. The van der Waals surface area contributed by atoms with E-state index in [0.29, 0.717) is 27.7 Å². The minimum Gasteiger partial charge on any atom is -0.372 e. The summed E-state index contributed by atoms with van der Waals surface area (Å²) in [4.78, 5) is 9.50. The lowest BCUT2D eigenvalue weighted by Gasteiger charge is -2.19. The molecule has 0 radical (unpaired) electrons. The van der Waals surface area contributed by atoms with Crippen molar-refractivity contribution in [2.24, 2.45) is 9.98 Å². The monoisotopic (exact) mass is 503 g/mol. The molecule has 0 bridgehead atoms. The van der Waals surface area contributed by atoms with E-state index in [9.17, 15) is 16.8 Å². The first-order valence-electron chi connectivity index (χ1n) is 9.32. The zero-order valence-electron chi connectivity index (χ0n) is 17.8. The number of halogens is 1. The molecule has 0 aromatic heterocycles. The number of nitrogens with zero attached hydrogens (tertiary/aromatic N) is 3. The number of rotatable bonds is 10. The minimum absolute atomic E-state index is 0.158. The first-order chi connectivity index (χ1) is 14.9. The van der Waals surface area contributed by atoms with E-state index in [4.69, 9.17) is 16.2 Å². The first kappa shape index (κ1) is 27.7. The molecule has 0 saturated carbocycles. The minimum atomic E-state index is -4.40. The number of likely N-dealkylation sites (N-methyl/N-ethyl adjacent to an activating group) is 1. The maximum Gasteiger partial charge on any atom is 0.397 e. The summed E-state index contributed by atoms with van der Waals surface area (Å²) in [5.74, 6) is 0.188. The van der Waals surface area contributed by atoms with Crippen LogP contribution in [0.3, 0.4) is 0 Å². The molecule has 176 valence electrons. The van der Waals surface area contributed by atoms with Gasteiger partial charge in [-0.1, -0.05) is 18.5 Å². The molecule has 32 heavy (non-hydrogen) atoms. The molecule has 0 fully saturated rings. The highest BCUT2D eigenvalue weighted by molar-refractivity contribution is 7.91. The van der Waals surface area contributed by atoms with Crippen LogP contribution >= 0.6 is 11.6 Å². The largest absolute Gasteiger partial charge is 0.397 e. The number of hydrogen-bond acceptors (Lipinski definition) is 8. The molecule has 1 N–H and O–H groups in total. The van der Waals surface area contributed by atoms with Crippen LogP contribution in [-0.2, 0) is 24.4 Å². The molecule has 0 atom stereocenters. The fourth-order valence-electron chi connectivity index (χ4n) is 2.42. The van der Waals surface area contributed by atoms with Crippen LogP contribution in [0.2, 0.25) is 5.02 Å². The summed E-state index contributed by atoms with van der Waals surface area (Å²) in [5.41, 5.74) is 2.02. The van der Waals surface area contributed by atoms with E-state index in [1.54, 1.807) is 54.4 Å². The van der Waals surface area contributed by atoms with E-state index >= 15 is 0 Å². The van der Waals surface area contributed by atoms with Gasteiger partial charge in [0.05, 0.1) is 33.7 Å². The van der Waals surface area contributed by atoms with Gasteiger partial charge in [-0.2, -0.15) is 8.42 Å². The van der Waals surface area contributed by atoms with Gasteiger partial charge in [0.1, 0.15) is 0 Å². The van der Waals surface area contributed by atoms with Crippen LogP contribution < -0.4 is 4.90 Å². The Kier molecular flexibility index (Phi) is 11.0. The van der Waals surface area contributed by atoms with E-state index < -0.39 is 20.2 Å².